The van der Waals surface area contributed by atoms with E-state index in [4.69, 9.17) is 4.74 Å². The van der Waals surface area contributed by atoms with Gasteiger partial charge >= 0.3 is 0 Å². The summed E-state index contributed by atoms with van der Waals surface area (Å²) in [5, 5.41) is 6.46. The van der Waals surface area contributed by atoms with Gasteiger partial charge in [-0.1, -0.05) is 19.3 Å². The van der Waals surface area contributed by atoms with Crippen LogP contribution in [0.5, 0.6) is 0 Å². The number of nitrogens with zero attached hydrogens (tertiary/aromatic N) is 1. The Kier molecular flexibility index (Phi) is 6.07. The Morgan fingerprint density at radius 2 is 2.16 bits per heavy atom. The van der Waals surface area contributed by atoms with Crippen molar-refractivity contribution in [2.75, 3.05) is 39.8 Å². The molecule has 2 rings (SSSR count). The molecule has 0 radical (unpaired) electrons. The smallest absolute Gasteiger partial charge is 0.234 e. The van der Waals surface area contributed by atoms with Gasteiger partial charge in [-0.05, 0) is 19.9 Å². The van der Waals surface area contributed by atoms with Gasteiger partial charge in [0.2, 0.25) is 5.91 Å². The molecule has 1 amide bonds. The summed E-state index contributed by atoms with van der Waals surface area (Å²) in [5.74, 6) is 0.151. The van der Waals surface area contributed by atoms with Gasteiger partial charge in [-0.2, -0.15) is 0 Å². The Morgan fingerprint density at radius 1 is 1.37 bits per heavy atom. The summed E-state index contributed by atoms with van der Waals surface area (Å²) in [6, 6.07) is 0.405. The second kappa shape index (κ2) is 7.82. The summed E-state index contributed by atoms with van der Waals surface area (Å²) < 4.78 is 5.64. The second-order valence-electron chi connectivity index (χ2n) is 5.80. The van der Waals surface area contributed by atoms with Crippen molar-refractivity contribution >= 4 is 5.91 Å². The van der Waals surface area contributed by atoms with Crippen LogP contribution < -0.4 is 10.6 Å². The molecule has 1 heterocycles. The number of rotatable bonds is 5. The van der Waals surface area contributed by atoms with E-state index in [2.05, 4.69) is 15.5 Å². The zero-order valence-electron chi connectivity index (χ0n) is 12.0. The van der Waals surface area contributed by atoms with E-state index in [0.29, 0.717) is 12.6 Å². The third-order valence-corrected chi connectivity index (χ3v) is 3.90. The molecule has 1 unspecified atom stereocenters. The van der Waals surface area contributed by atoms with Crippen LogP contribution in [0.2, 0.25) is 0 Å². The zero-order chi connectivity index (χ0) is 13.5. The molecule has 1 aliphatic heterocycles. The normalized spacial score (nSPS) is 25.5. The van der Waals surface area contributed by atoms with E-state index in [0.717, 1.165) is 39.1 Å². The number of nitrogens with one attached hydrogen (secondary N) is 2. The molecular formula is C14H27N3O2. The average Bonchev–Trinajstić information content (AvgIpc) is 2.40. The number of morpholine rings is 1. The number of likely N-dealkylation sites (N-methyl/N-ethyl adjacent to an activating group) is 1. The predicted molar refractivity (Wildman–Crippen MR) is 75.1 cm³/mol. The van der Waals surface area contributed by atoms with Gasteiger partial charge < -0.3 is 15.4 Å². The molecule has 2 fully saturated rings. The molecule has 1 saturated carbocycles. The Balaban J connectivity index is 1.63. The van der Waals surface area contributed by atoms with E-state index in [1.807, 2.05) is 7.05 Å². The van der Waals surface area contributed by atoms with Crippen molar-refractivity contribution in [1.29, 1.82) is 0 Å². The van der Waals surface area contributed by atoms with Crippen LogP contribution in [0.1, 0.15) is 32.1 Å². The third-order valence-electron chi connectivity index (χ3n) is 3.90. The zero-order valence-corrected chi connectivity index (χ0v) is 12.0. The molecule has 2 aliphatic rings. The van der Waals surface area contributed by atoms with Crippen LogP contribution in [0.4, 0.5) is 0 Å². The highest BCUT2D eigenvalue weighted by Gasteiger charge is 2.19. The van der Waals surface area contributed by atoms with Crippen molar-refractivity contribution in [3.05, 3.63) is 0 Å². The van der Waals surface area contributed by atoms with Gasteiger partial charge in [0, 0.05) is 25.7 Å². The Morgan fingerprint density at radius 3 is 2.84 bits per heavy atom. The molecule has 19 heavy (non-hydrogen) atoms. The summed E-state index contributed by atoms with van der Waals surface area (Å²) in [7, 11) is 1.98. The lowest BCUT2D eigenvalue weighted by molar-refractivity contribution is -0.123. The van der Waals surface area contributed by atoms with Gasteiger partial charge in [-0.3, -0.25) is 9.69 Å². The van der Waals surface area contributed by atoms with E-state index >= 15 is 0 Å². The van der Waals surface area contributed by atoms with E-state index in [1.165, 1.54) is 19.3 Å². The lowest BCUT2D eigenvalue weighted by Crippen LogP contribution is -2.47. The molecule has 1 saturated heterocycles. The highest BCUT2D eigenvalue weighted by atomic mass is 16.5. The number of carbonyl (C=O) groups excluding carboxylic acids is 1. The number of amides is 1. The lowest BCUT2D eigenvalue weighted by Gasteiger charge is -2.28. The molecule has 0 aromatic carbocycles. The van der Waals surface area contributed by atoms with Crippen molar-refractivity contribution in [2.24, 2.45) is 0 Å². The Labute approximate surface area is 116 Å². The molecule has 0 aromatic heterocycles. The average molecular weight is 269 g/mol. The van der Waals surface area contributed by atoms with E-state index in [9.17, 15) is 4.79 Å². The first kappa shape index (κ1) is 14.8. The maximum atomic E-state index is 12.0. The minimum absolute atomic E-state index is 0.151. The molecule has 1 atom stereocenters. The standard InChI is InChI=1S/C14H27N3O2/c1-17(10-13-9-15-7-8-19-13)11-14(18)16-12-5-3-2-4-6-12/h12-13,15H,2-11H2,1H3,(H,16,18). The van der Waals surface area contributed by atoms with Crippen molar-refractivity contribution < 1.29 is 9.53 Å². The number of ether oxygens (including phenoxy) is 1. The highest BCUT2D eigenvalue weighted by molar-refractivity contribution is 5.78. The second-order valence-corrected chi connectivity index (χ2v) is 5.80. The van der Waals surface area contributed by atoms with Gasteiger partial charge in [-0.25, -0.2) is 0 Å². The predicted octanol–water partition coefficient (Wildman–Crippen LogP) is 0.356. The summed E-state index contributed by atoms with van der Waals surface area (Å²) in [4.78, 5) is 14.0. The maximum Gasteiger partial charge on any atom is 0.234 e. The molecule has 5 nitrogen and oxygen atoms in total. The van der Waals surface area contributed by atoms with Gasteiger partial charge in [0.15, 0.2) is 0 Å². The molecular weight excluding hydrogens is 242 g/mol. The van der Waals surface area contributed by atoms with E-state index in [-0.39, 0.29) is 12.0 Å². The molecule has 110 valence electrons. The molecule has 0 spiro atoms. The monoisotopic (exact) mass is 269 g/mol. The van der Waals surface area contributed by atoms with Crippen LogP contribution in [0.3, 0.4) is 0 Å². The maximum absolute atomic E-state index is 12.0. The van der Waals surface area contributed by atoms with Crippen molar-refractivity contribution in [2.45, 2.75) is 44.2 Å². The third kappa shape index (κ3) is 5.47. The fourth-order valence-corrected chi connectivity index (χ4v) is 2.91. The van der Waals surface area contributed by atoms with Gasteiger partial charge in [0.1, 0.15) is 0 Å². The van der Waals surface area contributed by atoms with Crippen molar-refractivity contribution in [3.8, 4) is 0 Å². The summed E-state index contributed by atoms with van der Waals surface area (Å²) in [6.07, 6.45) is 6.32. The van der Waals surface area contributed by atoms with Gasteiger partial charge in [-0.15, -0.1) is 0 Å². The summed E-state index contributed by atoms with van der Waals surface area (Å²) >= 11 is 0. The molecule has 1 aliphatic carbocycles. The van der Waals surface area contributed by atoms with Crippen LogP contribution in [-0.4, -0.2) is 62.8 Å². The first-order valence-corrected chi connectivity index (χ1v) is 7.54. The van der Waals surface area contributed by atoms with Gasteiger partial charge in [0.25, 0.3) is 0 Å². The lowest BCUT2D eigenvalue weighted by atomic mass is 9.95. The van der Waals surface area contributed by atoms with Crippen LogP contribution >= 0.6 is 0 Å². The first-order valence-electron chi connectivity index (χ1n) is 7.54. The van der Waals surface area contributed by atoms with Crippen LogP contribution in [0, 0.1) is 0 Å². The molecule has 0 bridgehead atoms. The topological polar surface area (TPSA) is 53.6 Å². The van der Waals surface area contributed by atoms with Gasteiger partial charge in [0.05, 0.1) is 19.3 Å². The molecule has 0 aromatic rings. The highest BCUT2D eigenvalue weighted by Crippen LogP contribution is 2.17. The minimum Gasteiger partial charge on any atom is -0.374 e. The number of hydrogen-bond donors (Lipinski definition) is 2. The quantitative estimate of drug-likeness (QED) is 0.756. The van der Waals surface area contributed by atoms with E-state index in [1.54, 1.807) is 0 Å². The SMILES string of the molecule is CN(CC(=O)NC1CCCCC1)CC1CNCCO1. The van der Waals surface area contributed by atoms with Crippen molar-refractivity contribution in [3.63, 3.8) is 0 Å². The number of carbonyl (C=O) groups is 1. The summed E-state index contributed by atoms with van der Waals surface area (Å²) in [6.45, 7) is 3.87. The first-order chi connectivity index (χ1) is 9.24. The fraction of sp³-hybridized carbons (Fsp3) is 0.929. The largest absolute Gasteiger partial charge is 0.374 e. The fourth-order valence-electron chi connectivity index (χ4n) is 2.91. The molecule has 2 N–H and O–H groups in total. The Bertz CT molecular complexity index is 274. The summed E-state index contributed by atoms with van der Waals surface area (Å²) in [5.41, 5.74) is 0. The Hall–Kier alpha value is -0.650. The number of hydrogen-bond acceptors (Lipinski definition) is 4. The van der Waals surface area contributed by atoms with Crippen molar-refractivity contribution in [1.82, 2.24) is 15.5 Å². The van der Waals surface area contributed by atoms with Crippen LogP contribution in [0.15, 0.2) is 0 Å². The van der Waals surface area contributed by atoms with Crippen LogP contribution in [-0.2, 0) is 9.53 Å². The van der Waals surface area contributed by atoms with Crippen LogP contribution in [0.25, 0.3) is 0 Å². The minimum atomic E-state index is 0.151. The van der Waals surface area contributed by atoms with E-state index < -0.39 is 0 Å². The molecule has 5 heteroatoms.